The summed E-state index contributed by atoms with van der Waals surface area (Å²) in [6.07, 6.45) is -1.81. The normalized spacial score (nSPS) is 30.2. The Morgan fingerprint density at radius 3 is 2.89 bits per heavy atom. The fourth-order valence-electron chi connectivity index (χ4n) is 5.31. The molecule has 5 heterocycles. The molecular weight excluding hydrogens is 621 g/mol. The number of aromatic nitrogens is 4. The Bertz CT molecular complexity index is 1610. The summed E-state index contributed by atoms with van der Waals surface area (Å²) in [7, 11) is -2.39. The molecule has 2 aromatic heterocycles. The number of rotatable bonds is 10. The Hall–Kier alpha value is -3.04. The van der Waals surface area contributed by atoms with Crippen molar-refractivity contribution in [1.29, 1.82) is 0 Å². The molecule has 2 N–H and O–H groups in total. The number of benzene rings is 1. The number of methoxy groups -OCH3 is 1. The van der Waals surface area contributed by atoms with Crippen LogP contribution in [-0.2, 0) is 37.1 Å². The van der Waals surface area contributed by atoms with Crippen molar-refractivity contribution in [3.05, 3.63) is 41.2 Å². The number of ether oxygens (including phenoxy) is 5. The molecular formula is C27H33ClN5O10P. The third kappa shape index (κ3) is 5.97. The third-order valence-electron chi connectivity index (χ3n) is 7.88. The van der Waals surface area contributed by atoms with E-state index in [1.54, 1.807) is 36.8 Å². The molecule has 6 atom stereocenters. The topological polar surface area (TPSA) is 178 Å². The number of phosphoric acid groups is 1. The van der Waals surface area contributed by atoms with Crippen molar-refractivity contribution in [2.45, 2.75) is 69.4 Å². The minimum atomic E-state index is -4.02. The van der Waals surface area contributed by atoms with E-state index in [2.05, 4.69) is 15.0 Å². The number of fused-ring (bicyclic) bond motifs is 2. The van der Waals surface area contributed by atoms with Gasteiger partial charge in [-0.2, -0.15) is 9.97 Å². The van der Waals surface area contributed by atoms with E-state index < -0.39 is 49.7 Å². The molecule has 15 nitrogen and oxygen atoms in total. The van der Waals surface area contributed by atoms with Crippen molar-refractivity contribution >= 4 is 42.7 Å². The summed E-state index contributed by atoms with van der Waals surface area (Å²) in [6.45, 7) is 5.65. The molecule has 0 saturated carbocycles. The van der Waals surface area contributed by atoms with Crippen LogP contribution in [-0.4, -0.2) is 76.0 Å². The van der Waals surface area contributed by atoms with Crippen LogP contribution in [0.4, 0.5) is 10.7 Å². The van der Waals surface area contributed by atoms with Crippen LogP contribution in [0.15, 0.2) is 30.6 Å². The Labute approximate surface area is 257 Å². The quantitative estimate of drug-likeness (QED) is 0.234. The van der Waals surface area contributed by atoms with E-state index in [0.717, 1.165) is 5.56 Å². The molecule has 3 aromatic rings. The summed E-state index contributed by atoms with van der Waals surface area (Å²) < 4.78 is 60.7. The monoisotopic (exact) mass is 653 g/mol. The first-order chi connectivity index (χ1) is 20.9. The zero-order chi connectivity index (χ0) is 31.3. The standard InChI is InChI=1S/C27H33ClN5O10P/c1-26(2,36-4)9-11-37-22-19-21(31-24(29)32-22)33(14-30-19)23-27(3)20(41-25(34)42-27)18(40-23)13-39-44(35)38-10-8-17(43-44)15-6-5-7-16(28)12-15/h5-7,12,14,17-18,20,23H,8-11,13H2,1-4H3,(H2,29,31,32). The molecule has 3 aliphatic rings. The number of phosphoric ester groups is 1. The second kappa shape index (κ2) is 11.7. The van der Waals surface area contributed by atoms with E-state index >= 15 is 0 Å². The highest BCUT2D eigenvalue weighted by Crippen LogP contribution is 2.58. The van der Waals surface area contributed by atoms with E-state index in [-0.39, 0.29) is 37.3 Å². The zero-order valence-corrected chi connectivity index (χ0v) is 26.2. The van der Waals surface area contributed by atoms with Gasteiger partial charge in [-0.15, -0.1) is 0 Å². The number of nitrogens with two attached hydrogens (primary N) is 1. The summed E-state index contributed by atoms with van der Waals surface area (Å²) in [5, 5.41) is 0.522. The van der Waals surface area contributed by atoms with Crippen LogP contribution in [0, 0.1) is 0 Å². The predicted octanol–water partition coefficient (Wildman–Crippen LogP) is 4.75. The van der Waals surface area contributed by atoms with Crippen LogP contribution < -0.4 is 10.5 Å². The molecule has 0 aliphatic carbocycles. The van der Waals surface area contributed by atoms with Crippen molar-refractivity contribution < 1.29 is 46.6 Å². The number of hydrogen-bond donors (Lipinski definition) is 1. The Balaban J connectivity index is 1.21. The molecule has 3 saturated heterocycles. The minimum Gasteiger partial charge on any atom is -0.476 e. The molecule has 44 heavy (non-hydrogen) atoms. The van der Waals surface area contributed by atoms with E-state index in [0.29, 0.717) is 23.4 Å². The Morgan fingerprint density at radius 1 is 1.30 bits per heavy atom. The number of carbonyl (C=O) groups excluding carboxylic acids is 1. The lowest BCUT2D eigenvalue weighted by atomic mass is 9.96. The lowest BCUT2D eigenvalue weighted by Crippen LogP contribution is -2.42. The number of carbonyl (C=O) groups is 1. The van der Waals surface area contributed by atoms with Gasteiger partial charge in [-0.25, -0.2) is 14.3 Å². The van der Waals surface area contributed by atoms with Gasteiger partial charge < -0.3 is 29.4 Å². The smallest absolute Gasteiger partial charge is 0.476 e. The largest absolute Gasteiger partial charge is 0.509 e. The van der Waals surface area contributed by atoms with Crippen molar-refractivity contribution in [1.82, 2.24) is 19.5 Å². The molecule has 6 unspecified atom stereocenters. The molecule has 0 spiro atoms. The summed E-state index contributed by atoms with van der Waals surface area (Å²) in [5.41, 5.74) is 5.63. The van der Waals surface area contributed by atoms with Gasteiger partial charge in [0.15, 0.2) is 29.1 Å². The van der Waals surface area contributed by atoms with Gasteiger partial charge in [0.05, 0.1) is 37.9 Å². The fourth-order valence-corrected chi connectivity index (χ4v) is 6.90. The highest BCUT2D eigenvalue weighted by atomic mass is 35.5. The number of hydrogen-bond acceptors (Lipinski definition) is 14. The van der Waals surface area contributed by atoms with Crippen LogP contribution >= 0.6 is 19.4 Å². The van der Waals surface area contributed by atoms with E-state index in [1.807, 2.05) is 19.9 Å². The molecule has 3 aliphatic heterocycles. The first kappa shape index (κ1) is 31.0. The Kier molecular flexibility index (Phi) is 8.24. The molecule has 0 bridgehead atoms. The summed E-state index contributed by atoms with van der Waals surface area (Å²) in [6, 6.07) is 7.06. The third-order valence-corrected chi connectivity index (χ3v) is 9.59. The van der Waals surface area contributed by atoms with Crippen LogP contribution in [0.2, 0.25) is 5.02 Å². The second-order valence-electron chi connectivity index (χ2n) is 11.4. The number of anilines is 1. The maximum atomic E-state index is 13.5. The first-order valence-corrected chi connectivity index (χ1v) is 15.8. The van der Waals surface area contributed by atoms with Crippen LogP contribution in [0.25, 0.3) is 11.2 Å². The van der Waals surface area contributed by atoms with Gasteiger partial charge in [0.25, 0.3) is 0 Å². The number of imidazole rings is 1. The van der Waals surface area contributed by atoms with Crippen LogP contribution in [0.5, 0.6) is 5.88 Å². The zero-order valence-electron chi connectivity index (χ0n) is 24.5. The minimum absolute atomic E-state index is 0.0570. The van der Waals surface area contributed by atoms with Crippen LogP contribution in [0.3, 0.4) is 0 Å². The van der Waals surface area contributed by atoms with Crippen LogP contribution in [0.1, 0.15) is 51.5 Å². The summed E-state index contributed by atoms with van der Waals surface area (Å²) in [4.78, 5) is 25.4. The lowest BCUT2D eigenvalue weighted by molar-refractivity contribution is -0.0925. The fraction of sp³-hybridized carbons (Fsp3) is 0.556. The van der Waals surface area contributed by atoms with Gasteiger partial charge in [0.1, 0.15) is 6.10 Å². The first-order valence-electron chi connectivity index (χ1n) is 14.0. The maximum absolute atomic E-state index is 13.5. The van der Waals surface area contributed by atoms with Crippen molar-refractivity contribution in [3.8, 4) is 5.88 Å². The molecule has 238 valence electrons. The molecule has 6 rings (SSSR count). The summed E-state index contributed by atoms with van der Waals surface area (Å²) in [5.74, 6) is 0.120. The highest BCUT2D eigenvalue weighted by molar-refractivity contribution is 7.48. The van der Waals surface area contributed by atoms with Gasteiger partial charge in [-0.3, -0.25) is 18.1 Å². The van der Waals surface area contributed by atoms with Crippen molar-refractivity contribution in [2.75, 3.05) is 32.7 Å². The van der Waals surface area contributed by atoms with E-state index in [1.165, 1.54) is 6.33 Å². The van der Waals surface area contributed by atoms with Gasteiger partial charge in [-0.05, 0) is 38.5 Å². The van der Waals surface area contributed by atoms with E-state index in [4.69, 9.17) is 54.6 Å². The predicted molar refractivity (Wildman–Crippen MR) is 154 cm³/mol. The SMILES string of the molecule is COC(C)(C)CCOc1nc(N)nc2c1ncn2C1OC(COP2(=O)OCCC(c3cccc(Cl)c3)O2)C2OC(=O)OC21C. The molecule has 0 radical (unpaired) electrons. The van der Waals surface area contributed by atoms with Crippen molar-refractivity contribution in [2.24, 2.45) is 0 Å². The Morgan fingerprint density at radius 2 is 2.11 bits per heavy atom. The van der Waals surface area contributed by atoms with Crippen molar-refractivity contribution in [3.63, 3.8) is 0 Å². The molecule has 3 fully saturated rings. The van der Waals surface area contributed by atoms with E-state index in [9.17, 15) is 9.36 Å². The maximum Gasteiger partial charge on any atom is 0.509 e. The number of halogens is 1. The number of nitrogen functional groups attached to an aromatic ring is 1. The number of nitrogens with zero attached hydrogens (tertiary/aromatic N) is 4. The van der Waals surface area contributed by atoms with Gasteiger partial charge in [0, 0.05) is 25.0 Å². The average Bonchev–Trinajstić information content (AvgIpc) is 3.60. The lowest BCUT2D eigenvalue weighted by Gasteiger charge is -2.30. The van der Waals surface area contributed by atoms with Gasteiger partial charge in [0.2, 0.25) is 11.8 Å². The average molecular weight is 654 g/mol. The molecule has 0 amide bonds. The molecule has 17 heteroatoms. The molecule has 1 aromatic carbocycles. The van der Waals surface area contributed by atoms with Gasteiger partial charge >= 0.3 is 14.0 Å². The summed E-state index contributed by atoms with van der Waals surface area (Å²) >= 11 is 6.12. The highest BCUT2D eigenvalue weighted by Gasteiger charge is 2.64. The van der Waals surface area contributed by atoms with Gasteiger partial charge in [-0.1, -0.05) is 23.7 Å². The second-order valence-corrected chi connectivity index (χ2v) is 13.4.